The molecule has 0 aliphatic heterocycles. The highest BCUT2D eigenvalue weighted by Crippen LogP contribution is 2.40. The molecular weight excluding hydrogens is 280 g/mol. The molecule has 0 radical (unpaired) electrons. The Kier molecular flexibility index (Phi) is 1.96. The molecule has 2 heterocycles. The Morgan fingerprint density at radius 2 is 1.00 bits per heavy atom. The molecule has 3 aromatic carbocycles. The van der Waals surface area contributed by atoms with Gasteiger partial charge in [-0.25, -0.2) is 0 Å². The highest BCUT2D eigenvalue weighted by molar-refractivity contribution is 6.25. The smallest absolute Gasteiger partial charge is 0.139 e. The van der Waals surface area contributed by atoms with Crippen LogP contribution in [0.15, 0.2) is 57.4 Å². The van der Waals surface area contributed by atoms with Gasteiger partial charge in [0.2, 0.25) is 0 Å². The van der Waals surface area contributed by atoms with Crippen LogP contribution in [0.2, 0.25) is 0 Å². The van der Waals surface area contributed by atoms with Crippen LogP contribution >= 0.6 is 0 Å². The number of hydrogen-bond acceptors (Lipinski definition) is 4. The molecule has 2 N–H and O–H groups in total. The number of rotatable bonds is 0. The summed E-state index contributed by atoms with van der Waals surface area (Å²) < 4.78 is 11.7. The van der Waals surface area contributed by atoms with Gasteiger partial charge < -0.3 is 19.0 Å². The molecule has 0 saturated heterocycles. The topological polar surface area (TPSA) is 66.7 Å². The van der Waals surface area contributed by atoms with E-state index < -0.39 is 0 Å². The Balaban J connectivity index is 2.10. The van der Waals surface area contributed by atoms with Crippen LogP contribution in [0.25, 0.3) is 43.9 Å². The van der Waals surface area contributed by atoms with E-state index in [0.717, 1.165) is 32.7 Å². The van der Waals surface area contributed by atoms with E-state index >= 15 is 0 Å². The zero-order valence-electron chi connectivity index (χ0n) is 11.3. The molecule has 0 fully saturated rings. The quantitative estimate of drug-likeness (QED) is 0.426. The molecule has 0 aliphatic carbocycles. The van der Waals surface area contributed by atoms with Crippen LogP contribution < -0.4 is 0 Å². The number of hydrogen-bond donors (Lipinski definition) is 2. The first-order valence-corrected chi connectivity index (χ1v) is 6.90. The average molecular weight is 290 g/mol. The molecule has 0 bridgehead atoms. The van der Waals surface area contributed by atoms with Gasteiger partial charge in [-0.3, -0.25) is 0 Å². The Morgan fingerprint density at radius 1 is 0.545 bits per heavy atom. The highest BCUT2D eigenvalue weighted by atomic mass is 16.3. The zero-order valence-corrected chi connectivity index (χ0v) is 11.3. The summed E-state index contributed by atoms with van der Waals surface area (Å²) in [5, 5.41) is 23.0. The number of phenols is 2. The van der Waals surface area contributed by atoms with Gasteiger partial charge >= 0.3 is 0 Å². The number of fused-ring (bicyclic) bond motifs is 7. The molecule has 2 aromatic heterocycles. The van der Waals surface area contributed by atoms with Crippen LogP contribution in [0.1, 0.15) is 0 Å². The molecular formula is C18H10O4. The van der Waals surface area contributed by atoms with Gasteiger partial charge in [0, 0.05) is 33.7 Å². The molecule has 0 spiro atoms. The summed E-state index contributed by atoms with van der Waals surface area (Å²) in [5.41, 5.74) is 2.75. The molecule has 0 atom stereocenters. The molecule has 5 rings (SSSR count). The third-order valence-electron chi connectivity index (χ3n) is 4.04. The van der Waals surface area contributed by atoms with Gasteiger partial charge in [0.1, 0.15) is 33.8 Å². The number of phenolic OH excluding ortho intramolecular Hbond substituents is 2. The molecule has 22 heavy (non-hydrogen) atoms. The average Bonchev–Trinajstić information content (AvgIpc) is 3.02. The molecule has 0 saturated carbocycles. The summed E-state index contributed by atoms with van der Waals surface area (Å²) in [4.78, 5) is 0. The normalized spacial score (nSPS) is 12.0. The summed E-state index contributed by atoms with van der Waals surface area (Å²) in [6.07, 6.45) is 0. The van der Waals surface area contributed by atoms with Crippen LogP contribution in [0.4, 0.5) is 0 Å². The fourth-order valence-electron chi connectivity index (χ4n) is 3.11. The van der Waals surface area contributed by atoms with Crippen molar-refractivity contribution in [3.63, 3.8) is 0 Å². The van der Waals surface area contributed by atoms with Crippen LogP contribution in [0.5, 0.6) is 11.5 Å². The van der Waals surface area contributed by atoms with E-state index in [4.69, 9.17) is 8.83 Å². The maximum atomic E-state index is 9.62. The van der Waals surface area contributed by atoms with E-state index in [9.17, 15) is 10.2 Å². The van der Waals surface area contributed by atoms with Crippen LogP contribution in [0, 0.1) is 0 Å². The van der Waals surface area contributed by atoms with E-state index in [0.29, 0.717) is 11.2 Å². The van der Waals surface area contributed by atoms with E-state index in [-0.39, 0.29) is 11.5 Å². The SMILES string of the molecule is Oc1ccc2c(c1)oc1ccc3oc4cc(O)ccc4c3c12. The third kappa shape index (κ3) is 1.36. The molecule has 5 aromatic rings. The van der Waals surface area contributed by atoms with Crippen molar-refractivity contribution >= 4 is 43.9 Å². The first-order valence-electron chi connectivity index (χ1n) is 6.90. The van der Waals surface area contributed by atoms with E-state index in [1.54, 1.807) is 24.3 Å². The van der Waals surface area contributed by atoms with Gasteiger partial charge in [0.05, 0.1) is 0 Å². The van der Waals surface area contributed by atoms with E-state index in [1.807, 2.05) is 24.3 Å². The Bertz CT molecular complexity index is 1100. The number of aromatic hydroxyl groups is 2. The third-order valence-corrected chi connectivity index (χ3v) is 4.04. The standard InChI is InChI=1S/C18H10O4/c19-9-1-3-11-15(7-9)21-13-5-6-14-18(17(11)13)12-4-2-10(20)8-16(12)22-14/h1-8,19-20H. The van der Waals surface area contributed by atoms with Crippen molar-refractivity contribution in [2.45, 2.75) is 0 Å². The largest absolute Gasteiger partial charge is 0.508 e. The van der Waals surface area contributed by atoms with Crippen molar-refractivity contribution < 1.29 is 19.0 Å². The molecule has 4 heteroatoms. The van der Waals surface area contributed by atoms with Crippen LogP contribution in [-0.4, -0.2) is 10.2 Å². The van der Waals surface area contributed by atoms with Crippen molar-refractivity contribution in [1.82, 2.24) is 0 Å². The summed E-state index contributed by atoms with van der Waals surface area (Å²) >= 11 is 0. The van der Waals surface area contributed by atoms with Crippen LogP contribution in [0.3, 0.4) is 0 Å². The number of furan rings is 2. The van der Waals surface area contributed by atoms with Gasteiger partial charge in [-0.05, 0) is 36.4 Å². The van der Waals surface area contributed by atoms with Gasteiger partial charge in [-0.1, -0.05) is 0 Å². The zero-order chi connectivity index (χ0) is 14.8. The van der Waals surface area contributed by atoms with Crippen LogP contribution in [-0.2, 0) is 0 Å². The first kappa shape index (κ1) is 11.5. The molecule has 0 aliphatic rings. The van der Waals surface area contributed by atoms with Gasteiger partial charge in [0.25, 0.3) is 0 Å². The van der Waals surface area contributed by atoms with Gasteiger partial charge in [0.15, 0.2) is 0 Å². The lowest BCUT2D eigenvalue weighted by Crippen LogP contribution is -1.71. The predicted octanol–water partition coefficient (Wildman–Crippen LogP) is 4.90. The fraction of sp³-hybridized carbons (Fsp3) is 0. The maximum Gasteiger partial charge on any atom is 0.139 e. The van der Waals surface area contributed by atoms with Crippen molar-refractivity contribution in [2.75, 3.05) is 0 Å². The highest BCUT2D eigenvalue weighted by Gasteiger charge is 2.16. The second-order valence-electron chi connectivity index (χ2n) is 5.38. The van der Waals surface area contributed by atoms with Crippen molar-refractivity contribution in [2.24, 2.45) is 0 Å². The maximum absolute atomic E-state index is 9.62. The molecule has 106 valence electrons. The minimum atomic E-state index is 0.171. The second-order valence-corrected chi connectivity index (χ2v) is 5.38. The molecule has 0 amide bonds. The first-order chi connectivity index (χ1) is 10.7. The lowest BCUT2D eigenvalue weighted by Gasteiger charge is -1.94. The van der Waals surface area contributed by atoms with Gasteiger partial charge in [-0.15, -0.1) is 0 Å². The minimum Gasteiger partial charge on any atom is -0.508 e. The van der Waals surface area contributed by atoms with Crippen molar-refractivity contribution in [1.29, 1.82) is 0 Å². The summed E-state index contributed by atoms with van der Waals surface area (Å²) in [7, 11) is 0. The summed E-state index contributed by atoms with van der Waals surface area (Å²) in [5.74, 6) is 0.342. The lowest BCUT2D eigenvalue weighted by atomic mass is 10.1. The lowest BCUT2D eigenvalue weighted by molar-refractivity contribution is 0.474. The fourth-order valence-corrected chi connectivity index (χ4v) is 3.11. The second kappa shape index (κ2) is 3.74. The van der Waals surface area contributed by atoms with E-state index in [2.05, 4.69) is 0 Å². The van der Waals surface area contributed by atoms with Crippen molar-refractivity contribution in [3.05, 3.63) is 48.5 Å². The van der Waals surface area contributed by atoms with Crippen molar-refractivity contribution in [3.8, 4) is 11.5 Å². The molecule has 4 nitrogen and oxygen atoms in total. The Labute approximate surface area is 123 Å². The predicted molar refractivity (Wildman–Crippen MR) is 84.3 cm³/mol. The summed E-state index contributed by atoms with van der Waals surface area (Å²) in [6.45, 7) is 0. The number of benzene rings is 3. The van der Waals surface area contributed by atoms with E-state index in [1.165, 1.54) is 0 Å². The summed E-state index contributed by atoms with van der Waals surface area (Å²) in [6, 6.07) is 13.9. The monoisotopic (exact) mass is 290 g/mol. The Morgan fingerprint density at radius 3 is 1.45 bits per heavy atom. The molecule has 0 unspecified atom stereocenters. The Hall–Kier alpha value is -3.14. The minimum absolute atomic E-state index is 0.171. The van der Waals surface area contributed by atoms with Gasteiger partial charge in [-0.2, -0.15) is 0 Å².